The van der Waals surface area contributed by atoms with E-state index in [1.165, 1.54) is 6.21 Å². The fraction of sp³-hybridized carbons (Fsp3) is 0.944. The van der Waals surface area contributed by atoms with Crippen LogP contribution >= 0.6 is 0 Å². The number of aliphatic imine (C=N–C) groups is 1. The minimum Gasteiger partial charge on any atom is -0.414 e. The van der Waals surface area contributed by atoms with E-state index in [9.17, 15) is 0 Å². The SMILES string of the molecule is CC(C)[Si]1(C(C)C)OC[C@H]2N=C[C@](C)(F)[C@@H]2O[Si](C(C)C)(C(C)C)O1. The summed E-state index contributed by atoms with van der Waals surface area (Å²) in [7, 11) is -5.29. The third-order valence-electron chi connectivity index (χ3n) is 5.75. The van der Waals surface area contributed by atoms with Gasteiger partial charge in [-0.25, -0.2) is 4.39 Å². The molecular formula is C18H36FNO3Si2. The average Bonchev–Trinajstić information content (AvgIpc) is 2.71. The van der Waals surface area contributed by atoms with Crippen LogP contribution in [0.1, 0.15) is 62.3 Å². The Morgan fingerprint density at radius 3 is 1.88 bits per heavy atom. The van der Waals surface area contributed by atoms with E-state index >= 15 is 4.39 Å². The molecule has 0 aliphatic carbocycles. The van der Waals surface area contributed by atoms with Gasteiger partial charge >= 0.3 is 17.1 Å². The Morgan fingerprint density at radius 2 is 1.44 bits per heavy atom. The molecule has 2 heterocycles. The van der Waals surface area contributed by atoms with E-state index in [0.717, 1.165) is 0 Å². The van der Waals surface area contributed by atoms with Crippen molar-refractivity contribution < 1.29 is 17.4 Å². The molecular weight excluding hydrogens is 353 g/mol. The van der Waals surface area contributed by atoms with Crippen LogP contribution in [0.3, 0.4) is 0 Å². The fourth-order valence-corrected chi connectivity index (χ4v) is 15.5. The van der Waals surface area contributed by atoms with E-state index in [1.807, 2.05) is 0 Å². The van der Waals surface area contributed by atoms with Crippen LogP contribution in [0.2, 0.25) is 22.2 Å². The molecule has 2 aliphatic heterocycles. The topological polar surface area (TPSA) is 40.0 Å². The van der Waals surface area contributed by atoms with Gasteiger partial charge in [-0.05, 0) is 29.1 Å². The first kappa shape index (κ1) is 21.2. The zero-order valence-corrected chi connectivity index (χ0v) is 19.3. The summed E-state index contributed by atoms with van der Waals surface area (Å²) in [6, 6.07) is -0.285. The van der Waals surface area contributed by atoms with Crippen LogP contribution in [0.4, 0.5) is 4.39 Å². The molecule has 25 heavy (non-hydrogen) atoms. The third-order valence-corrected chi connectivity index (χ3v) is 16.0. The molecule has 0 unspecified atom stereocenters. The minimum atomic E-state index is -2.74. The van der Waals surface area contributed by atoms with Gasteiger partial charge in [0.1, 0.15) is 12.1 Å². The fourth-order valence-electron chi connectivity index (χ4n) is 4.22. The molecule has 0 spiro atoms. The van der Waals surface area contributed by atoms with Crippen LogP contribution in [0.15, 0.2) is 4.99 Å². The lowest BCUT2D eigenvalue weighted by atomic mass is 10.0. The molecule has 0 aromatic heterocycles. The smallest absolute Gasteiger partial charge is 0.335 e. The Morgan fingerprint density at radius 1 is 0.960 bits per heavy atom. The number of halogens is 1. The quantitative estimate of drug-likeness (QED) is 0.626. The van der Waals surface area contributed by atoms with Crippen LogP contribution in [-0.2, 0) is 13.0 Å². The van der Waals surface area contributed by atoms with Crippen LogP contribution in [0, 0.1) is 0 Å². The maximum absolute atomic E-state index is 15.1. The summed E-state index contributed by atoms with van der Waals surface area (Å²) in [5, 5.41) is 0. The molecule has 146 valence electrons. The number of hydrogen-bond acceptors (Lipinski definition) is 4. The van der Waals surface area contributed by atoms with E-state index < -0.39 is 28.9 Å². The summed E-state index contributed by atoms with van der Waals surface area (Å²) in [6.45, 7) is 19.3. The lowest BCUT2D eigenvalue weighted by Gasteiger charge is -2.52. The number of rotatable bonds is 4. The maximum atomic E-state index is 15.1. The molecule has 0 bridgehead atoms. The third kappa shape index (κ3) is 3.55. The highest BCUT2D eigenvalue weighted by atomic mass is 28.5. The molecule has 0 aromatic carbocycles. The zero-order valence-electron chi connectivity index (χ0n) is 17.3. The van der Waals surface area contributed by atoms with Gasteiger partial charge in [-0.2, -0.15) is 0 Å². The van der Waals surface area contributed by atoms with Crippen LogP contribution in [0.25, 0.3) is 0 Å². The second-order valence-electron chi connectivity index (χ2n) is 9.01. The molecule has 1 fully saturated rings. The van der Waals surface area contributed by atoms with Gasteiger partial charge in [0.15, 0.2) is 5.67 Å². The molecule has 1 saturated heterocycles. The molecule has 0 aromatic rings. The van der Waals surface area contributed by atoms with Crippen molar-refractivity contribution in [1.29, 1.82) is 0 Å². The summed E-state index contributed by atoms with van der Waals surface area (Å²) >= 11 is 0. The van der Waals surface area contributed by atoms with Gasteiger partial charge in [0.25, 0.3) is 0 Å². The van der Waals surface area contributed by atoms with Crippen molar-refractivity contribution in [2.45, 2.75) is 102 Å². The van der Waals surface area contributed by atoms with Gasteiger partial charge < -0.3 is 13.0 Å². The second-order valence-corrected chi connectivity index (χ2v) is 17.9. The summed E-state index contributed by atoms with van der Waals surface area (Å²) in [4.78, 5) is 4.42. The normalized spacial score (nSPS) is 34.6. The molecule has 3 atom stereocenters. The summed E-state index contributed by atoms with van der Waals surface area (Å²) in [5.41, 5.74) is -0.582. The Hall–Kier alpha value is -0.0862. The van der Waals surface area contributed by atoms with E-state index in [-0.39, 0.29) is 17.1 Å². The van der Waals surface area contributed by atoms with Gasteiger partial charge in [0, 0.05) is 6.21 Å². The number of hydrogen-bond donors (Lipinski definition) is 0. The van der Waals surface area contributed by atoms with E-state index in [2.05, 4.69) is 60.4 Å². The van der Waals surface area contributed by atoms with Crippen molar-refractivity contribution in [3.8, 4) is 0 Å². The first-order chi connectivity index (χ1) is 11.4. The van der Waals surface area contributed by atoms with Gasteiger partial charge in [0.2, 0.25) is 0 Å². The zero-order chi connectivity index (χ0) is 19.2. The minimum absolute atomic E-state index is 0.204. The standard InChI is InChI=1S/C18H36FNO3Si2/c1-12(2)24(13(3)4)21-10-16-17(18(9,19)11-20-16)22-25(23-24,14(5)6)15(7)8/h11-17H,10H2,1-9H3/t16-,17-,18+/m1/s1. The van der Waals surface area contributed by atoms with Crippen LogP contribution < -0.4 is 0 Å². The lowest BCUT2D eigenvalue weighted by Crippen LogP contribution is -2.66. The van der Waals surface area contributed by atoms with Gasteiger partial charge in [0.05, 0.1) is 6.61 Å². The first-order valence-corrected chi connectivity index (χ1v) is 13.6. The van der Waals surface area contributed by atoms with E-state index in [0.29, 0.717) is 17.7 Å². The molecule has 2 aliphatic rings. The number of alkyl halides is 1. The van der Waals surface area contributed by atoms with Crippen molar-refractivity contribution >= 4 is 23.3 Å². The molecule has 4 nitrogen and oxygen atoms in total. The van der Waals surface area contributed by atoms with Crippen molar-refractivity contribution in [2.24, 2.45) is 4.99 Å². The van der Waals surface area contributed by atoms with Crippen molar-refractivity contribution in [3.63, 3.8) is 0 Å². The number of nitrogens with zero attached hydrogens (tertiary/aromatic N) is 1. The Kier molecular flexibility index (Phi) is 6.07. The van der Waals surface area contributed by atoms with Gasteiger partial charge in [-0.1, -0.05) is 55.4 Å². The molecule has 0 N–H and O–H groups in total. The second kappa shape index (κ2) is 7.15. The van der Waals surface area contributed by atoms with Crippen molar-refractivity contribution in [2.75, 3.05) is 6.61 Å². The summed E-state index contributed by atoms with van der Waals surface area (Å²) in [5.74, 6) is 0. The summed E-state index contributed by atoms with van der Waals surface area (Å²) < 4.78 is 35.3. The molecule has 0 amide bonds. The predicted molar refractivity (Wildman–Crippen MR) is 106 cm³/mol. The van der Waals surface area contributed by atoms with Gasteiger partial charge in [-0.15, -0.1) is 0 Å². The van der Waals surface area contributed by atoms with E-state index in [1.54, 1.807) is 6.92 Å². The highest BCUT2D eigenvalue weighted by Crippen LogP contribution is 2.47. The highest BCUT2D eigenvalue weighted by molar-refractivity contribution is 6.84. The molecule has 7 heteroatoms. The van der Waals surface area contributed by atoms with Crippen LogP contribution in [-0.4, -0.2) is 47.8 Å². The maximum Gasteiger partial charge on any atom is 0.335 e. The molecule has 0 saturated carbocycles. The summed E-state index contributed by atoms with van der Waals surface area (Å²) in [6.07, 6.45) is 0.792. The van der Waals surface area contributed by atoms with Crippen molar-refractivity contribution in [1.82, 2.24) is 0 Å². The number of fused-ring (bicyclic) bond motifs is 1. The molecule has 0 radical (unpaired) electrons. The Labute approximate surface area is 155 Å². The highest BCUT2D eigenvalue weighted by Gasteiger charge is 2.61. The largest absolute Gasteiger partial charge is 0.414 e. The van der Waals surface area contributed by atoms with Crippen LogP contribution in [0.5, 0.6) is 0 Å². The van der Waals surface area contributed by atoms with Gasteiger partial charge in [-0.3, -0.25) is 4.99 Å². The predicted octanol–water partition coefficient (Wildman–Crippen LogP) is 5.12. The first-order valence-electron chi connectivity index (χ1n) is 9.64. The lowest BCUT2D eigenvalue weighted by molar-refractivity contribution is 0.00276. The van der Waals surface area contributed by atoms with E-state index in [4.69, 9.17) is 13.0 Å². The van der Waals surface area contributed by atoms with Crippen molar-refractivity contribution in [3.05, 3.63) is 0 Å². The molecule has 2 rings (SSSR count). The Bertz CT molecular complexity index is 493. The Balaban J connectivity index is 2.56. The monoisotopic (exact) mass is 389 g/mol. The average molecular weight is 390 g/mol.